The minimum Gasteiger partial charge on any atom is -0.287 e. The van der Waals surface area contributed by atoms with E-state index < -0.39 is 11.6 Å². The summed E-state index contributed by atoms with van der Waals surface area (Å²) in [6, 6.07) is 3.16. The number of rotatable bonds is 0. The highest BCUT2D eigenvalue weighted by atomic mass is 127. The van der Waals surface area contributed by atoms with Gasteiger partial charge in [0, 0.05) is 0 Å². The second kappa shape index (κ2) is 3.84. The summed E-state index contributed by atoms with van der Waals surface area (Å²) in [5.41, 5.74) is 0.274. The monoisotopic (exact) mass is 353 g/mol. The maximum Gasteiger partial charge on any atom is 0.225 e. The third-order valence-corrected chi connectivity index (χ3v) is 3.33. The topological polar surface area (TPSA) is 47.0 Å². The molecule has 0 bridgehead atoms. The van der Waals surface area contributed by atoms with E-state index in [1.165, 1.54) is 6.07 Å². The maximum absolute atomic E-state index is 11.6. The number of pyridine rings is 1. The molecule has 1 heterocycles. The largest absolute Gasteiger partial charge is 0.287 e. The molecular weight excluding hydrogens is 352 g/mol. The van der Waals surface area contributed by atoms with Crippen molar-refractivity contribution < 1.29 is 9.59 Å². The summed E-state index contributed by atoms with van der Waals surface area (Å²) in [5.74, 6) is -0.963. The Morgan fingerprint density at radius 2 is 1.67 bits per heavy atom. The Bertz CT molecular complexity index is 525. The number of fused-ring (bicyclic) bond motifs is 1. The first-order valence-electron chi connectivity index (χ1n) is 3.83. The Morgan fingerprint density at radius 1 is 1.07 bits per heavy atom. The fourth-order valence-corrected chi connectivity index (χ4v) is 2.00. The van der Waals surface area contributed by atoms with Gasteiger partial charge in [0.1, 0.15) is 19.5 Å². The summed E-state index contributed by atoms with van der Waals surface area (Å²) in [6.45, 7) is 0. The normalized spacial score (nSPS) is 15.7. The van der Waals surface area contributed by atoms with Gasteiger partial charge in [-0.15, -0.1) is 0 Å². The van der Waals surface area contributed by atoms with Gasteiger partial charge in [-0.25, -0.2) is 4.98 Å². The zero-order valence-corrected chi connectivity index (χ0v) is 10.7. The van der Waals surface area contributed by atoms with Gasteiger partial charge in [-0.1, -0.05) is 23.2 Å². The predicted octanol–water partition coefficient (Wildman–Crippen LogP) is 2.75. The molecule has 0 aliphatic heterocycles. The van der Waals surface area contributed by atoms with Crippen LogP contribution in [0.3, 0.4) is 0 Å². The molecule has 1 aromatic heterocycles. The maximum atomic E-state index is 11.6. The van der Waals surface area contributed by atoms with Crippen LogP contribution in [0.4, 0.5) is 0 Å². The number of ketones is 2. The number of Topliss-reactive ketones (excluding diaryl/α,β-unsaturated/α-hetero) is 2. The summed E-state index contributed by atoms with van der Waals surface area (Å²) < 4.78 is 0.620. The molecule has 0 unspecified atom stereocenters. The summed E-state index contributed by atoms with van der Waals surface area (Å²) in [4.78, 5) is 27.2. The summed E-state index contributed by atoms with van der Waals surface area (Å²) in [6.07, 6.45) is 0. The van der Waals surface area contributed by atoms with Crippen LogP contribution in [0, 0.1) is 3.70 Å². The van der Waals surface area contributed by atoms with Gasteiger partial charge in [-0.3, -0.25) is 9.59 Å². The van der Waals surface area contributed by atoms with E-state index in [1.54, 1.807) is 6.07 Å². The van der Waals surface area contributed by atoms with E-state index >= 15 is 0 Å². The lowest BCUT2D eigenvalue weighted by Gasteiger charge is -2.12. The first kappa shape index (κ1) is 11.0. The van der Waals surface area contributed by atoms with Crippen LogP contribution in [0.1, 0.15) is 20.8 Å². The van der Waals surface area contributed by atoms with Crippen molar-refractivity contribution in [3.8, 4) is 0 Å². The van der Waals surface area contributed by atoms with Gasteiger partial charge in [0.25, 0.3) is 0 Å². The van der Waals surface area contributed by atoms with Gasteiger partial charge in [0.05, 0.1) is 5.56 Å². The molecule has 1 aliphatic rings. The molecule has 76 valence electrons. The van der Waals surface area contributed by atoms with Crippen molar-refractivity contribution in [2.45, 2.75) is 0 Å². The Morgan fingerprint density at radius 3 is 2.33 bits per heavy atom. The number of carbonyl (C=O) groups is 2. The summed E-state index contributed by atoms with van der Waals surface area (Å²) in [5, 5.41) is -0.499. The van der Waals surface area contributed by atoms with Gasteiger partial charge in [0.2, 0.25) is 11.6 Å². The van der Waals surface area contributed by atoms with Gasteiger partial charge >= 0.3 is 0 Å². The van der Waals surface area contributed by atoms with Gasteiger partial charge < -0.3 is 0 Å². The van der Waals surface area contributed by atoms with Crippen LogP contribution < -0.4 is 0 Å². The van der Waals surface area contributed by atoms with Gasteiger partial charge in [-0.05, 0) is 34.7 Å². The van der Waals surface area contributed by atoms with Crippen LogP contribution in [0.25, 0.3) is 0 Å². The molecule has 6 heteroatoms. The molecule has 1 aromatic rings. The summed E-state index contributed by atoms with van der Waals surface area (Å²) >= 11 is 13.2. The minimum atomic E-state index is -0.505. The molecule has 2 rings (SSSR count). The standard InChI is InChI=1S/C9H2Cl2INO2/c10-5-6(11)9(15)7-3(8(5)14)1-2-4(12)13-7/h1-2H. The van der Waals surface area contributed by atoms with E-state index in [1.807, 2.05) is 22.6 Å². The number of allylic oxidation sites excluding steroid dienone is 2. The highest BCUT2D eigenvalue weighted by molar-refractivity contribution is 14.1. The van der Waals surface area contributed by atoms with Crippen LogP contribution in [-0.4, -0.2) is 16.6 Å². The molecule has 3 nitrogen and oxygen atoms in total. The van der Waals surface area contributed by atoms with E-state index in [9.17, 15) is 9.59 Å². The first-order valence-corrected chi connectivity index (χ1v) is 5.67. The SMILES string of the molecule is O=C1C(Cl)=C(Cl)C(=O)c2nc(I)ccc21. The third-order valence-electron chi connectivity index (χ3n) is 1.91. The van der Waals surface area contributed by atoms with Crippen molar-refractivity contribution in [2.24, 2.45) is 0 Å². The van der Waals surface area contributed by atoms with Crippen molar-refractivity contribution in [2.75, 3.05) is 0 Å². The van der Waals surface area contributed by atoms with Gasteiger partial charge in [0.15, 0.2) is 0 Å². The smallest absolute Gasteiger partial charge is 0.225 e. The number of hydrogen-bond donors (Lipinski definition) is 0. The molecule has 15 heavy (non-hydrogen) atoms. The average Bonchev–Trinajstić information content (AvgIpc) is 2.23. The predicted molar refractivity (Wildman–Crippen MR) is 64.3 cm³/mol. The van der Waals surface area contributed by atoms with Crippen molar-refractivity contribution in [3.05, 3.63) is 37.2 Å². The van der Waals surface area contributed by atoms with Crippen LogP contribution in [0.5, 0.6) is 0 Å². The van der Waals surface area contributed by atoms with Crippen molar-refractivity contribution in [1.29, 1.82) is 0 Å². The Balaban J connectivity index is 2.73. The molecule has 0 N–H and O–H groups in total. The fourth-order valence-electron chi connectivity index (χ4n) is 1.21. The van der Waals surface area contributed by atoms with E-state index in [2.05, 4.69) is 4.98 Å². The lowest BCUT2D eigenvalue weighted by atomic mass is 10.00. The highest BCUT2D eigenvalue weighted by Gasteiger charge is 2.31. The lowest BCUT2D eigenvalue weighted by molar-refractivity contribution is 0.0983. The molecule has 0 amide bonds. The zero-order valence-electron chi connectivity index (χ0n) is 7.05. The zero-order chi connectivity index (χ0) is 11.2. The Kier molecular flexibility index (Phi) is 2.83. The molecule has 1 aliphatic carbocycles. The van der Waals surface area contributed by atoms with Crippen molar-refractivity contribution in [1.82, 2.24) is 4.98 Å². The molecule has 0 saturated carbocycles. The van der Waals surface area contributed by atoms with Crippen molar-refractivity contribution >= 4 is 57.4 Å². The lowest BCUT2D eigenvalue weighted by Crippen LogP contribution is -2.19. The number of carbonyl (C=O) groups excluding carboxylic acids is 2. The second-order valence-corrected chi connectivity index (χ2v) is 4.68. The molecule has 0 radical (unpaired) electrons. The van der Waals surface area contributed by atoms with Crippen molar-refractivity contribution in [3.63, 3.8) is 0 Å². The molecular formula is C9H2Cl2INO2. The van der Waals surface area contributed by atoms with Crippen LogP contribution >= 0.6 is 45.8 Å². The third kappa shape index (κ3) is 1.70. The van der Waals surface area contributed by atoms with Crippen LogP contribution in [0.15, 0.2) is 22.2 Å². The number of aromatic nitrogens is 1. The molecule has 0 aromatic carbocycles. The minimum absolute atomic E-state index is 0.0706. The molecule has 0 atom stereocenters. The first-order chi connectivity index (χ1) is 7.02. The number of hydrogen-bond acceptors (Lipinski definition) is 3. The highest BCUT2D eigenvalue weighted by Crippen LogP contribution is 2.29. The molecule has 0 spiro atoms. The second-order valence-electron chi connectivity index (χ2n) is 2.82. The number of nitrogens with zero attached hydrogens (tertiary/aromatic N) is 1. The molecule has 0 saturated heterocycles. The van der Waals surface area contributed by atoms with Crippen LogP contribution in [0.2, 0.25) is 0 Å². The van der Waals surface area contributed by atoms with Crippen LogP contribution in [-0.2, 0) is 0 Å². The average molecular weight is 354 g/mol. The van der Waals surface area contributed by atoms with E-state index in [-0.39, 0.29) is 21.3 Å². The number of halogens is 3. The quantitative estimate of drug-likeness (QED) is 0.532. The van der Waals surface area contributed by atoms with E-state index in [0.717, 1.165) is 0 Å². The van der Waals surface area contributed by atoms with E-state index in [0.29, 0.717) is 3.70 Å². The Labute approximate surface area is 109 Å². The van der Waals surface area contributed by atoms with E-state index in [4.69, 9.17) is 23.2 Å². The molecule has 0 fully saturated rings. The fraction of sp³-hybridized carbons (Fsp3) is 0. The summed E-state index contributed by atoms with van der Waals surface area (Å²) in [7, 11) is 0. The Hall–Kier alpha value is -0.460. The van der Waals surface area contributed by atoms with Gasteiger partial charge in [-0.2, -0.15) is 0 Å².